The predicted molar refractivity (Wildman–Crippen MR) is 132 cm³/mol. The quantitative estimate of drug-likeness (QED) is 0.300. The average molecular weight is 497 g/mol. The molecule has 6 nitrogen and oxygen atoms in total. The Kier molecular flexibility index (Phi) is 7.49. The maximum absolute atomic E-state index is 13.3. The standard InChI is InChI=1S/C25H22ClFN4O2S/c1-16-8-6-7-11-22(16)33-15-23-29-30-25(31(23)19-9-4-3-5-10-19)34-17(2)24(32)28-21-13-12-18(27)14-20(21)26/h3-14,17H,15H2,1-2H3,(H,28,32). The van der Waals surface area contributed by atoms with Crippen LogP contribution < -0.4 is 10.1 Å². The van der Waals surface area contributed by atoms with Gasteiger partial charge in [0.2, 0.25) is 5.91 Å². The molecule has 1 amide bonds. The summed E-state index contributed by atoms with van der Waals surface area (Å²) in [5.74, 6) is 0.607. The Morgan fingerprint density at radius 1 is 1.12 bits per heavy atom. The summed E-state index contributed by atoms with van der Waals surface area (Å²) in [4.78, 5) is 12.8. The van der Waals surface area contributed by atoms with E-state index in [0.29, 0.717) is 16.7 Å². The van der Waals surface area contributed by atoms with Gasteiger partial charge >= 0.3 is 0 Å². The first-order valence-corrected chi connectivity index (χ1v) is 11.8. The molecule has 4 aromatic rings. The molecule has 0 bridgehead atoms. The van der Waals surface area contributed by atoms with Crippen molar-refractivity contribution in [2.75, 3.05) is 5.32 Å². The van der Waals surface area contributed by atoms with Gasteiger partial charge in [0.25, 0.3) is 0 Å². The summed E-state index contributed by atoms with van der Waals surface area (Å²) in [7, 11) is 0. The number of aryl methyl sites for hydroxylation is 1. The van der Waals surface area contributed by atoms with E-state index in [9.17, 15) is 9.18 Å². The van der Waals surface area contributed by atoms with Gasteiger partial charge in [-0.15, -0.1) is 10.2 Å². The SMILES string of the molecule is Cc1ccccc1OCc1nnc(SC(C)C(=O)Nc2ccc(F)cc2Cl)n1-c1ccccc1. The van der Waals surface area contributed by atoms with Crippen LogP contribution in [0.1, 0.15) is 18.3 Å². The smallest absolute Gasteiger partial charge is 0.237 e. The number of hydrogen-bond donors (Lipinski definition) is 1. The van der Waals surface area contributed by atoms with Crippen molar-refractivity contribution >= 4 is 35.0 Å². The van der Waals surface area contributed by atoms with Crippen LogP contribution in [-0.4, -0.2) is 25.9 Å². The lowest BCUT2D eigenvalue weighted by atomic mass is 10.2. The monoisotopic (exact) mass is 496 g/mol. The summed E-state index contributed by atoms with van der Waals surface area (Å²) in [5.41, 5.74) is 2.22. The number of thioether (sulfide) groups is 1. The molecule has 0 saturated carbocycles. The summed E-state index contributed by atoms with van der Waals surface area (Å²) in [5, 5.41) is 11.5. The first kappa shape index (κ1) is 23.8. The number of hydrogen-bond acceptors (Lipinski definition) is 5. The van der Waals surface area contributed by atoms with Gasteiger partial charge in [-0.25, -0.2) is 4.39 Å². The fraction of sp³-hybridized carbons (Fsp3) is 0.160. The van der Waals surface area contributed by atoms with E-state index < -0.39 is 11.1 Å². The van der Waals surface area contributed by atoms with Crippen molar-refractivity contribution in [2.45, 2.75) is 30.9 Å². The minimum atomic E-state index is -0.530. The van der Waals surface area contributed by atoms with Crippen LogP contribution in [0.25, 0.3) is 5.69 Å². The van der Waals surface area contributed by atoms with Crippen LogP contribution in [0.3, 0.4) is 0 Å². The summed E-state index contributed by atoms with van der Waals surface area (Å²) in [6.45, 7) is 3.94. The van der Waals surface area contributed by atoms with Gasteiger partial charge in [0.05, 0.1) is 16.0 Å². The average Bonchev–Trinajstić information content (AvgIpc) is 3.23. The molecule has 0 aliphatic heterocycles. The Balaban J connectivity index is 1.55. The number of carbonyl (C=O) groups excluding carboxylic acids is 1. The minimum Gasteiger partial charge on any atom is -0.485 e. The number of nitrogens with one attached hydrogen (secondary N) is 1. The zero-order valence-electron chi connectivity index (χ0n) is 18.5. The molecule has 0 aliphatic rings. The highest BCUT2D eigenvalue weighted by Gasteiger charge is 2.22. The summed E-state index contributed by atoms with van der Waals surface area (Å²) in [6.07, 6.45) is 0. The largest absolute Gasteiger partial charge is 0.485 e. The first-order valence-electron chi connectivity index (χ1n) is 10.5. The molecule has 0 radical (unpaired) electrons. The second-order valence-electron chi connectivity index (χ2n) is 7.50. The van der Waals surface area contributed by atoms with E-state index in [4.69, 9.17) is 16.3 Å². The van der Waals surface area contributed by atoms with Gasteiger partial charge in [-0.05, 0) is 55.8 Å². The van der Waals surface area contributed by atoms with Crippen LogP contribution >= 0.6 is 23.4 Å². The normalized spacial score (nSPS) is 11.8. The zero-order valence-corrected chi connectivity index (χ0v) is 20.1. The van der Waals surface area contributed by atoms with Crippen LogP contribution in [0.5, 0.6) is 5.75 Å². The number of amides is 1. The number of carbonyl (C=O) groups is 1. The summed E-state index contributed by atoms with van der Waals surface area (Å²) < 4.78 is 21.2. The van der Waals surface area contributed by atoms with Crippen LogP contribution in [0, 0.1) is 12.7 Å². The van der Waals surface area contributed by atoms with E-state index >= 15 is 0 Å². The zero-order chi connectivity index (χ0) is 24.1. The molecule has 0 saturated heterocycles. The maximum atomic E-state index is 13.3. The van der Waals surface area contributed by atoms with E-state index in [-0.39, 0.29) is 17.5 Å². The van der Waals surface area contributed by atoms with Crippen molar-refractivity contribution < 1.29 is 13.9 Å². The van der Waals surface area contributed by atoms with Gasteiger partial charge in [-0.2, -0.15) is 0 Å². The molecular weight excluding hydrogens is 475 g/mol. The number of ether oxygens (including phenoxy) is 1. The Morgan fingerprint density at radius 2 is 1.85 bits per heavy atom. The Morgan fingerprint density at radius 3 is 2.59 bits per heavy atom. The topological polar surface area (TPSA) is 69.0 Å². The fourth-order valence-corrected chi connectivity index (χ4v) is 4.30. The molecule has 4 rings (SSSR count). The number of para-hydroxylation sites is 2. The molecule has 174 valence electrons. The second kappa shape index (κ2) is 10.7. The second-order valence-corrected chi connectivity index (χ2v) is 9.21. The van der Waals surface area contributed by atoms with Gasteiger partial charge in [0, 0.05) is 5.69 Å². The molecule has 3 aromatic carbocycles. The van der Waals surface area contributed by atoms with Crippen LogP contribution in [0.2, 0.25) is 5.02 Å². The third-order valence-corrected chi connectivity index (χ3v) is 6.36. The molecule has 9 heteroatoms. The van der Waals surface area contributed by atoms with Crippen molar-refractivity contribution in [1.82, 2.24) is 14.8 Å². The van der Waals surface area contributed by atoms with Crippen LogP contribution in [-0.2, 0) is 11.4 Å². The van der Waals surface area contributed by atoms with Crippen molar-refractivity contribution in [1.29, 1.82) is 0 Å². The lowest BCUT2D eigenvalue weighted by Crippen LogP contribution is -2.23. The molecule has 1 heterocycles. The van der Waals surface area contributed by atoms with E-state index in [1.807, 2.05) is 66.1 Å². The van der Waals surface area contributed by atoms with E-state index in [2.05, 4.69) is 15.5 Å². The number of anilines is 1. The van der Waals surface area contributed by atoms with Crippen molar-refractivity contribution in [3.8, 4) is 11.4 Å². The molecule has 1 N–H and O–H groups in total. The Hall–Kier alpha value is -3.36. The number of benzene rings is 3. The molecule has 1 atom stereocenters. The predicted octanol–water partition coefficient (Wildman–Crippen LogP) is 6.07. The lowest BCUT2D eigenvalue weighted by Gasteiger charge is -2.15. The molecule has 0 spiro atoms. The molecule has 1 aromatic heterocycles. The van der Waals surface area contributed by atoms with E-state index in [1.165, 1.54) is 23.9 Å². The fourth-order valence-electron chi connectivity index (χ4n) is 3.20. The number of nitrogens with zero attached hydrogens (tertiary/aromatic N) is 3. The third-order valence-electron chi connectivity index (χ3n) is 5.01. The highest BCUT2D eigenvalue weighted by Crippen LogP contribution is 2.29. The van der Waals surface area contributed by atoms with Crippen molar-refractivity contribution in [3.63, 3.8) is 0 Å². The molecule has 34 heavy (non-hydrogen) atoms. The molecule has 0 aliphatic carbocycles. The van der Waals surface area contributed by atoms with Gasteiger partial charge in [-0.1, -0.05) is 59.8 Å². The first-order chi connectivity index (χ1) is 16.4. The van der Waals surface area contributed by atoms with E-state index in [1.54, 1.807) is 6.92 Å². The number of rotatable bonds is 8. The van der Waals surface area contributed by atoms with Gasteiger partial charge < -0.3 is 10.1 Å². The number of aromatic nitrogens is 3. The van der Waals surface area contributed by atoms with Gasteiger partial charge in [-0.3, -0.25) is 9.36 Å². The van der Waals surface area contributed by atoms with Crippen molar-refractivity contribution in [3.05, 3.63) is 95.0 Å². The van der Waals surface area contributed by atoms with Crippen molar-refractivity contribution in [2.24, 2.45) is 0 Å². The highest BCUT2D eigenvalue weighted by molar-refractivity contribution is 8.00. The minimum absolute atomic E-state index is 0.133. The molecular formula is C25H22ClFN4O2S. The maximum Gasteiger partial charge on any atom is 0.237 e. The number of halogens is 2. The van der Waals surface area contributed by atoms with Gasteiger partial charge in [0.15, 0.2) is 11.0 Å². The van der Waals surface area contributed by atoms with Crippen LogP contribution in [0.15, 0.2) is 78.0 Å². The van der Waals surface area contributed by atoms with Crippen LogP contribution in [0.4, 0.5) is 10.1 Å². The third kappa shape index (κ3) is 5.58. The molecule has 1 unspecified atom stereocenters. The highest BCUT2D eigenvalue weighted by atomic mass is 35.5. The Bertz CT molecular complexity index is 1300. The lowest BCUT2D eigenvalue weighted by molar-refractivity contribution is -0.115. The van der Waals surface area contributed by atoms with Gasteiger partial charge in [0.1, 0.15) is 18.2 Å². The van der Waals surface area contributed by atoms with E-state index in [0.717, 1.165) is 23.1 Å². The summed E-state index contributed by atoms with van der Waals surface area (Å²) in [6, 6.07) is 21.2. The molecule has 0 fully saturated rings. The Labute approximate surface area is 206 Å². The summed E-state index contributed by atoms with van der Waals surface area (Å²) >= 11 is 7.29.